The standard InChI is InChI=1S/C20H19N3O3/c1-23-17-6-4-3-5-15(17)21-18(23)11-13-7-9-14(10-8-13)19-22-16(12-26-19)20(24)25-2/h3-9,12,14H,10-11H2,1-2H3. The Labute approximate surface area is 150 Å². The normalized spacial score (nSPS) is 16.7. The maximum atomic E-state index is 11.5. The van der Waals surface area contributed by atoms with Gasteiger partial charge in [0.05, 0.1) is 24.1 Å². The number of carbonyl (C=O) groups is 1. The minimum Gasteiger partial charge on any atom is -0.464 e. The number of rotatable bonds is 4. The fraction of sp³-hybridized carbons (Fsp3) is 0.250. The van der Waals surface area contributed by atoms with Gasteiger partial charge in [-0.3, -0.25) is 0 Å². The van der Waals surface area contributed by atoms with Crippen LogP contribution in [-0.4, -0.2) is 27.6 Å². The highest BCUT2D eigenvalue weighted by Gasteiger charge is 2.20. The lowest BCUT2D eigenvalue weighted by Gasteiger charge is -2.13. The summed E-state index contributed by atoms with van der Waals surface area (Å²) in [4.78, 5) is 20.4. The molecule has 2 aromatic heterocycles. The van der Waals surface area contributed by atoms with Crippen LogP contribution in [0.15, 0.2) is 58.7 Å². The van der Waals surface area contributed by atoms with Crippen LogP contribution in [0, 0.1) is 0 Å². The highest BCUT2D eigenvalue weighted by atomic mass is 16.5. The number of fused-ring (bicyclic) bond motifs is 1. The number of imidazole rings is 1. The molecule has 0 saturated carbocycles. The first kappa shape index (κ1) is 16.3. The first-order valence-electron chi connectivity index (χ1n) is 8.47. The topological polar surface area (TPSA) is 70.2 Å². The van der Waals surface area contributed by atoms with Crippen molar-refractivity contribution in [2.75, 3.05) is 7.11 Å². The third kappa shape index (κ3) is 2.94. The lowest BCUT2D eigenvalue weighted by atomic mass is 9.95. The van der Waals surface area contributed by atoms with Crippen molar-refractivity contribution in [2.24, 2.45) is 7.05 Å². The number of aromatic nitrogens is 3. The summed E-state index contributed by atoms with van der Waals surface area (Å²) in [7, 11) is 3.37. The quantitative estimate of drug-likeness (QED) is 0.674. The Hall–Kier alpha value is -3.15. The van der Waals surface area contributed by atoms with Crippen LogP contribution in [0.5, 0.6) is 0 Å². The molecular formula is C20H19N3O3. The number of methoxy groups -OCH3 is 1. The van der Waals surface area contributed by atoms with Crippen LogP contribution >= 0.6 is 0 Å². The van der Waals surface area contributed by atoms with Crippen LogP contribution in [0.1, 0.15) is 34.5 Å². The number of oxazole rings is 1. The van der Waals surface area contributed by atoms with E-state index in [4.69, 9.17) is 9.40 Å². The van der Waals surface area contributed by atoms with E-state index in [1.54, 1.807) is 0 Å². The molecule has 0 aliphatic heterocycles. The van der Waals surface area contributed by atoms with E-state index in [2.05, 4.69) is 38.6 Å². The molecule has 26 heavy (non-hydrogen) atoms. The second-order valence-electron chi connectivity index (χ2n) is 6.30. The van der Waals surface area contributed by atoms with E-state index in [9.17, 15) is 4.79 Å². The van der Waals surface area contributed by atoms with Gasteiger partial charge in [0.25, 0.3) is 0 Å². The Morgan fingerprint density at radius 3 is 2.92 bits per heavy atom. The Morgan fingerprint density at radius 1 is 1.35 bits per heavy atom. The first-order valence-corrected chi connectivity index (χ1v) is 8.47. The Kier molecular flexibility index (Phi) is 4.16. The maximum absolute atomic E-state index is 11.5. The predicted molar refractivity (Wildman–Crippen MR) is 96.8 cm³/mol. The number of allylic oxidation sites excluding steroid dienone is 4. The highest BCUT2D eigenvalue weighted by Crippen LogP contribution is 2.28. The van der Waals surface area contributed by atoms with Crippen LogP contribution in [0.3, 0.4) is 0 Å². The zero-order valence-electron chi connectivity index (χ0n) is 14.7. The van der Waals surface area contributed by atoms with Crippen LogP contribution in [-0.2, 0) is 18.2 Å². The Balaban J connectivity index is 1.48. The minimum absolute atomic E-state index is 0.0256. The van der Waals surface area contributed by atoms with E-state index in [1.807, 2.05) is 25.2 Å². The summed E-state index contributed by atoms with van der Waals surface area (Å²) >= 11 is 0. The lowest BCUT2D eigenvalue weighted by molar-refractivity contribution is 0.0594. The zero-order chi connectivity index (χ0) is 18.1. The molecule has 6 heteroatoms. The molecule has 0 radical (unpaired) electrons. The highest BCUT2D eigenvalue weighted by molar-refractivity contribution is 5.86. The van der Waals surface area contributed by atoms with Crippen LogP contribution in [0.4, 0.5) is 0 Å². The molecule has 0 N–H and O–H groups in total. The molecule has 0 saturated heterocycles. The van der Waals surface area contributed by atoms with E-state index >= 15 is 0 Å². The van der Waals surface area contributed by atoms with Gasteiger partial charge < -0.3 is 13.7 Å². The third-order valence-electron chi connectivity index (χ3n) is 4.65. The summed E-state index contributed by atoms with van der Waals surface area (Å²) in [6.07, 6.45) is 9.20. The van der Waals surface area contributed by atoms with Gasteiger partial charge in [0.1, 0.15) is 12.1 Å². The number of nitrogens with zero attached hydrogens (tertiary/aromatic N) is 3. The van der Waals surface area contributed by atoms with E-state index < -0.39 is 5.97 Å². The number of aryl methyl sites for hydroxylation is 1. The molecule has 0 amide bonds. The van der Waals surface area contributed by atoms with Gasteiger partial charge in [-0.25, -0.2) is 14.8 Å². The average Bonchev–Trinajstić information content (AvgIpc) is 3.28. The molecule has 3 aromatic rings. The van der Waals surface area contributed by atoms with Crippen LogP contribution in [0.25, 0.3) is 11.0 Å². The van der Waals surface area contributed by atoms with Gasteiger partial charge in [-0.05, 0) is 24.1 Å². The van der Waals surface area contributed by atoms with Gasteiger partial charge in [-0.2, -0.15) is 0 Å². The summed E-state index contributed by atoms with van der Waals surface area (Å²) in [6.45, 7) is 0. The minimum atomic E-state index is -0.488. The van der Waals surface area contributed by atoms with Gasteiger partial charge in [0.2, 0.25) is 5.89 Å². The van der Waals surface area contributed by atoms with Crippen molar-refractivity contribution in [3.05, 3.63) is 71.7 Å². The molecule has 0 fully saturated rings. The average molecular weight is 349 g/mol. The number of carbonyl (C=O) groups excluding carboxylic acids is 1. The van der Waals surface area contributed by atoms with Gasteiger partial charge >= 0.3 is 5.97 Å². The SMILES string of the molecule is COC(=O)c1coc(C2C=CC(Cc3nc4ccccc4n3C)=CC2)n1. The summed E-state index contributed by atoms with van der Waals surface area (Å²) in [5.74, 6) is 1.10. The zero-order valence-corrected chi connectivity index (χ0v) is 14.7. The van der Waals surface area contributed by atoms with E-state index in [0.29, 0.717) is 5.89 Å². The van der Waals surface area contributed by atoms with Gasteiger partial charge in [0, 0.05) is 13.5 Å². The Bertz CT molecular complexity index is 1030. The first-order chi connectivity index (χ1) is 12.7. The van der Waals surface area contributed by atoms with Gasteiger partial charge in [0.15, 0.2) is 5.69 Å². The maximum Gasteiger partial charge on any atom is 0.360 e. The summed E-state index contributed by atoms with van der Waals surface area (Å²) < 4.78 is 12.2. The van der Waals surface area contributed by atoms with Crippen molar-refractivity contribution in [1.29, 1.82) is 0 Å². The molecule has 1 atom stereocenters. The fourth-order valence-electron chi connectivity index (χ4n) is 3.17. The van der Waals surface area contributed by atoms with Crippen molar-refractivity contribution in [3.63, 3.8) is 0 Å². The fourth-order valence-corrected chi connectivity index (χ4v) is 3.17. The van der Waals surface area contributed by atoms with Crippen molar-refractivity contribution in [2.45, 2.75) is 18.8 Å². The van der Waals surface area contributed by atoms with E-state index in [1.165, 1.54) is 18.9 Å². The molecule has 2 heterocycles. The van der Waals surface area contributed by atoms with Gasteiger partial charge in [-0.1, -0.05) is 30.4 Å². The summed E-state index contributed by atoms with van der Waals surface area (Å²) in [5.41, 5.74) is 3.55. The summed E-state index contributed by atoms with van der Waals surface area (Å²) in [6, 6.07) is 8.13. The molecular weight excluding hydrogens is 330 g/mol. The molecule has 1 aliphatic rings. The number of ether oxygens (including phenoxy) is 1. The van der Waals surface area contributed by atoms with Crippen LogP contribution < -0.4 is 0 Å². The monoisotopic (exact) mass is 349 g/mol. The van der Waals surface area contributed by atoms with Crippen molar-refractivity contribution in [1.82, 2.24) is 14.5 Å². The van der Waals surface area contributed by atoms with Crippen molar-refractivity contribution < 1.29 is 13.9 Å². The van der Waals surface area contributed by atoms with Crippen LogP contribution in [0.2, 0.25) is 0 Å². The van der Waals surface area contributed by atoms with E-state index in [-0.39, 0.29) is 11.6 Å². The number of hydrogen-bond donors (Lipinski definition) is 0. The van der Waals surface area contributed by atoms with E-state index in [0.717, 1.165) is 29.7 Å². The largest absolute Gasteiger partial charge is 0.464 e. The molecule has 4 rings (SSSR count). The predicted octanol–water partition coefficient (Wildman–Crippen LogP) is 3.56. The number of para-hydroxylation sites is 2. The Morgan fingerprint density at radius 2 is 2.19 bits per heavy atom. The second kappa shape index (κ2) is 6.63. The number of esters is 1. The molecule has 6 nitrogen and oxygen atoms in total. The van der Waals surface area contributed by atoms with Crippen molar-refractivity contribution >= 4 is 17.0 Å². The summed E-state index contributed by atoms with van der Waals surface area (Å²) in [5, 5.41) is 0. The third-order valence-corrected chi connectivity index (χ3v) is 4.65. The lowest BCUT2D eigenvalue weighted by Crippen LogP contribution is -2.05. The van der Waals surface area contributed by atoms with Gasteiger partial charge in [-0.15, -0.1) is 0 Å². The molecule has 132 valence electrons. The molecule has 1 aliphatic carbocycles. The number of benzene rings is 1. The number of hydrogen-bond acceptors (Lipinski definition) is 5. The second-order valence-corrected chi connectivity index (χ2v) is 6.30. The molecule has 0 spiro atoms. The van der Waals surface area contributed by atoms with Crippen molar-refractivity contribution in [3.8, 4) is 0 Å². The molecule has 1 aromatic carbocycles. The smallest absolute Gasteiger partial charge is 0.360 e. The molecule has 1 unspecified atom stereocenters. The molecule has 0 bridgehead atoms.